The van der Waals surface area contributed by atoms with Crippen LogP contribution >= 0.6 is 0 Å². The van der Waals surface area contributed by atoms with E-state index in [1.165, 1.54) is 12.1 Å². The second kappa shape index (κ2) is 7.28. The van der Waals surface area contributed by atoms with Gasteiger partial charge in [0.1, 0.15) is 12.2 Å². The van der Waals surface area contributed by atoms with Crippen LogP contribution in [-0.4, -0.2) is 45.4 Å². The van der Waals surface area contributed by atoms with Gasteiger partial charge in [-0.1, -0.05) is 25.1 Å². The van der Waals surface area contributed by atoms with Crippen LogP contribution in [0.1, 0.15) is 23.5 Å². The van der Waals surface area contributed by atoms with Gasteiger partial charge in [-0.3, -0.25) is 14.3 Å². The van der Waals surface area contributed by atoms with Crippen molar-refractivity contribution in [2.75, 3.05) is 13.2 Å². The summed E-state index contributed by atoms with van der Waals surface area (Å²) in [7, 11) is 0. The zero-order valence-corrected chi connectivity index (χ0v) is 14.8. The molecule has 2 N–H and O–H groups in total. The van der Waals surface area contributed by atoms with Crippen LogP contribution in [0.2, 0.25) is 0 Å². The maximum absolute atomic E-state index is 14.9. The predicted molar refractivity (Wildman–Crippen MR) is 92.1 cm³/mol. The first-order chi connectivity index (χ1) is 13.2. The number of ether oxygens (including phenoxy) is 2. The smallest absolute Gasteiger partial charge is 0.338 e. The number of rotatable bonds is 5. The summed E-state index contributed by atoms with van der Waals surface area (Å²) in [6.45, 7) is -0.397. The Kier molecular flexibility index (Phi) is 5.18. The molecule has 0 unspecified atom stereocenters. The van der Waals surface area contributed by atoms with Crippen molar-refractivity contribution in [1.82, 2.24) is 9.55 Å². The van der Waals surface area contributed by atoms with Crippen molar-refractivity contribution < 1.29 is 28.2 Å². The van der Waals surface area contributed by atoms with E-state index in [2.05, 4.69) is 0 Å². The number of hydrogen-bond acceptors (Lipinski definition) is 6. The van der Waals surface area contributed by atoms with Crippen LogP contribution in [0.4, 0.5) is 8.78 Å². The van der Waals surface area contributed by atoms with Crippen LogP contribution in [0.3, 0.4) is 0 Å². The summed E-state index contributed by atoms with van der Waals surface area (Å²) in [5.41, 5.74) is -3.56. The molecule has 0 radical (unpaired) electrons. The number of carbonyl (C=O) groups excluding carboxylic acids is 1. The number of nitrogens with zero attached hydrogens (tertiary/aromatic N) is 1. The fourth-order valence-corrected chi connectivity index (χ4v) is 3.05. The lowest BCUT2D eigenvalue weighted by atomic mass is 9.87. The van der Waals surface area contributed by atoms with E-state index in [0.717, 1.165) is 19.2 Å². The van der Waals surface area contributed by atoms with E-state index >= 15 is 0 Å². The first-order valence-corrected chi connectivity index (χ1v) is 8.41. The largest absolute Gasteiger partial charge is 0.459 e. The highest BCUT2D eigenvalue weighted by Gasteiger charge is 2.65. The predicted octanol–water partition coefficient (Wildman–Crippen LogP) is 0.925. The van der Waals surface area contributed by atoms with Crippen LogP contribution in [0.25, 0.3) is 0 Å². The Morgan fingerprint density at radius 1 is 1.29 bits per heavy atom. The number of esters is 1. The fourth-order valence-electron chi connectivity index (χ4n) is 3.05. The molecule has 1 aromatic carbocycles. The molecule has 1 aliphatic rings. The highest BCUT2D eigenvalue weighted by atomic mass is 19.3. The zero-order chi connectivity index (χ0) is 20.5. The molecule has 0 bridgehead atoms. The average Bonchev–Trinajstić information content (AvgIpc) is 2.88. The van der Waals surface area contributed by atoms with Gasteiger partial charge in [0.05, 0.1) is 18.1 Å². The van der Waals surface area contributed by atoms with Gasteiger partial charge in [-0.25, -0.2) is 18.4 Å². The molecule has 1 aromatic heterocycles. The van der Waals surface area contributed by atoms with Crippen molar-refractivity contribution in [2.45, 2.75) is 24.7 Å². The number of benzene rings is 1. The van der Waals surface area contributed by atoms with Crippen molar-refractivity contribution in [3.05, 3.63) is 69.0 Å². The quantitative estimate of drug-likeness (QED) is 0.728. The third kappa shape index (κ3) is 3.36. The molecule has 3 atom stereocenters. The topological polar surface area (TPSA) is 111 Å². The SMILES string of the molecule is C[C@H]1C(F)(F)[C@H](n2ccc(=O)[nH]c2=O)O[C@@]1(CO)COC(=O)c1ccccc1. The third-order valence-corrected chi connectivity index (χ3v) is 4.87. The van der Waals surface area contributed by atoms with Gasteiger partial charge in [0.25, 0.3) is 11.5 Å². The summed E-state index contributed by atoms with van der Waals surface area (Å²) >= 11 is 0. The molecule has 0 amide bonds. The highest BCUT2D eigenvalue weighted by molar-refractivity contribution is 5.89. The minimum Gasteiger partial charge on any atom is -0.459 e. The third-order valence-electron chi connectivity index (χ3n) is 4.87. The maximum Gasteiger partial charge on any atom is 0.338 e. The molecule has 0 aliphatic carbocycles. The fraction of sp³-hybridized carbons (Fsp3) is 0.389. The molecule has 1 fully saturated rings. The molecular weight excluding hydrogens is 378 g/mol. The van der Waals surface area contributed by atoms with E-state index in [-0.39, 0.29) is 5.56 Å². The minimum atomic E-state index is -3.59. The summed E-state index contributed by atoms with van der Waals surface area (Å²) in [4.78, 5) is 37.1. The Bertz CT molecular complexity index is 974. The lowest BCUT2D eigenvalue weighted by molar-refractivity contribution is -0.154. The average molecular weight is 396 g/mol. The Morgan fingerprint density at radius 2 is 1.96 bits per heavy atom. The molecule has 0 spiro atoms. The number of nitrogens with one attached hydrogen (secondary N) is 1. The Morgan fingerprint density at radius 3 is 2.57 bits per heavy atom. The summed E-state index contributed by atoms with van der Waals surface area (Å²) < 4.78 is 40.8. The van der Waals surface area contributed by atoms with Crippen molar-refractivity contribution in [3.63, 3.8) is 0 Å². The van der Waals surface area contributed by atoms with Crippen LogP contribution in [-0.2, 0) is 9.47 Å². The first-order valence-electron chi connectivity index (χ1n) is 8.41. The lowest BCUT2D eigenvalue weighted by Crippen LogP contribution is -2.46. The van der Waals surface area contributed by atoms with Crippen molar-refractivity contribution in [2.24, 2.45) is 5.92 Å². The number of carbonyl (C=O) groups is 1. The molecular formula is C18H18F2N2O6. The molecule has 150 valence electrons. The standard InChI is InChI=1S/C18H18F2N2O6/c1-11-17(9-23,10-27-14(25)12-5-3-2-4-6-12)28-15(18(11,19)20)22-8-7-13(24)21-16(22)26/h2-8,11,15,23H,9-10H2,1H3,(H,21,24,26)/t11-,15-,17+/m1/s1. The molecule has 1 saturated heterocycles. The molecule has 8 nitrogen and oxygen atoms in total. The number of aliphatic hydroxyl groups is 1. The molecule has 3 rings (SSSR count). The van der Waals surface area contributed by atoms with Gasteiger partial charge in [0, 0.05) is 12.3 Å². The van der Waals surface area contributed by atoms with E-state index in [1.807, 2.05) is 4.98 Å². The van der Waals surface area contributed by atoms with Gasteiger partial charge < -0.3 is 14.6 Å². The number of H-pyrrole nitrogens is 1. The van der Waals surface area contributed by atoms with Crippen molar-refractivity contribution in [3.8, 4) is 0 Å². The normalized spacial score (nSPS) is 26.1. The first kappa shape index (κ1) is 19.9. The van der Waals surface area contributed by atoms with Gasteiger partial charge in [-0.15, -0.1) is 0 Å². The monoisotopic (exact) mass is 396 g/mol. The van der Waals surface area contributed by atoms with Crippen LogP contribution in [0.5, 0.6) is 0 Å². The van der Waals surface area contributed by atoms with Crippen LogP contribution in [0, 0.1) is 5.92 Å². The summed E-state index contributed by atoms with van der Waals surface area (Å²) in [5, 5.41) is 9.79. The Labute approximate surface area is 157 Å². The summed E-state index contributed by atoms with van der Waals surface area (Å²) in [5.74, 6) is -5.96. The molecule has 0 saturated carbocycles. The molecule has 1 aliphatic heterocycles. The van der Waals surface area contributed by atoms with E-state index in [1.54, 1.807) is 18.2 Å². The van der Waals surface area contributed by atoms with Gasteiger partial charge >= 0.3 is 11.7 Å². The number of aromatic amines is 1. The number of halogens is 2. The van der Waals surface area contributed by atoms with Gasteiger partial charge in [0.15, 0.2) is 0 Å². The zero-order valence-electron chi connectivity index (χ0n) is 14.8. The number of alkyl halides is 2. The molecule has 2 aromatic rings. The summed E-state index contributed by atoms with van der Waals surface area (Å²) in [6.07, 6.45) is -1.20. The van der Waals surface area contributed by atoms with E-state index in [9.17, 15) is 28.3 Å². The minimum absolute atomic E-state index is 0.210. The van der Waals surface area contributed by atoms with E-state index < -0.39 is 54.1 Å². The van der Waals surface area contributed by atoms with E-state index in [4.69, 9.17) is 9.47 Å². The van der Waals surface area contributed by atoms with Crippen molar-refractivity contribution in [1.29, 1.82) is 0 Å². The number of aliphatic hydroxyl groups excluding tert-OH is 1. The van der Waals surface area contributed by atoms with Gasteiger partial charge in [0.2, 0.25) is 6.23 Å². The lowest BCUT2D eigenvalue weighted by Gasteiger charge is -2.30. The van der Waals surface area contributed by atoms with Crippen LogP contribution in [0.15, 0.2) is 52.2 Å². The number of aromatic nitrogens is 2. The Hall–Kier alpha value is -2.85. The summed E-state index contributed by atoms with van der Waals surface area (Å²) in [6, 6.07) is 8.80. The molecule has 28 heavy (non-hydrogen) atoms. The van der Waals surface area contributed by atoms with Crippen molar-refractivity contribution >= 4 is 5.97 Å². The Balaban J connectivity index is 1.88. The second-order valence-corrected chi connectivity index (χ2v) is 6.55. The van der Waals surface area contributed by atoms with Crippen LogP contribution < -0.4 is 11.2 Å². The van der Waals surface area contributed by atoms with Gasteiger partial charge in [-0.2, -0.15) is 0 Å². The number of hydrogen-bond donors (Lipinski definition) is 2. The second-order valence-electron chi connectivity index (χ2n) is 6.55. The van der Waals surface area contributed by atoms with Gasteiger partial charge in [-0.05, 0) is 12.1 Å². The molecule has 2 heterocycles. The van der Waals surface area contributed by atoms with E-state index in [0.29, 0.717) is 4.57 Å². The molecule has 10 heteroatoms. The highest BCUT2D eigenvalue weighted by Crippen LogP contribution is 2.51. The maximum atomic E-state index is 14.9.